The van der Waals surface area contributed by atoms with Gasteiger partial charge in [-0.2, -0.15) is 0 Å². The fraction of sp³-hybridized carbons (Fsp3) is 0.333. The van der Waals surface area contributed by atoms with Gasteiger partial charge in [0.25, 0.3) is 0 Å². The molecule has 5 aliphatic rings. The maximum absolute atomic E-state index is 13.3. The Morgan fingerprint density at radius 3 is 2.71 bits per heavy atom. The van der Waals surface area contributed by atoms with Crippen molar-refractivity contribution in [1.29, 1.82) is 0 Å². The predicted octanol–water partition coefficient (Wildman–Crippen LogP) is 3.53. The van der Waals surface area contributed by atoms with Crippen molar-refractivity contribution in [3.8, 4) is 11.5 Å². The Morgan fingerprint density at radius 1 is 1.14 bits per heavy atom. The smallest absolute Gasteiger partial charge is 0.233 e. The third kappa shape index (κ3) is 3.15. The number of phenolic OH excluding ortho intramolecular Hbond substituents is 1. The van der Waals surface area contributed by atoms with Crippen LogP contribution in [-0.2, 0) is 25.6 Å². The minimum atomic E-state index is -0.548. The van der Waals surface area contributed by atoms with Crippen molar-refractivity contribution < 1.29 is 29.0 Å². The maximum atomic E-state index is 13.3. The van der Waals surface area contributed by atoms with E-state index in [0.29, 0.717) is 36.3 Å². The van der Waals surface area contributed by atoms with Crippen molar-refractivity contribution >= 4 is 39.3 Å². The largest absolute Gasteiger partial charge is 0.508 e. The highest BCUT2D eigenvalue weighted by Crippen LogP contribution is 2.54. The number of phenols is 1. The van der Waals surface area contributed by atoms with Crippen molar-refractivity contribution in [2.24, 2.45) is 23.7 Å². The molecule has 0 spiro atoms. The molecule has 4 unspecified atom stereocenters. The van der Waals surface area contributed by atoms with Crippen molar-refractivity contribution in [2.75, 3.05) is 6.54 Å². The molecule has 1 fully saturated rings. The average molecular weight is 536 g/mol. The molecule has 1 aromatic carbocycles. The van der Waals surface area contributed by atoms with Gasteiger partial charge in [-0.25, -0.2) is 0 Å². The summed E-state index contributed by atoms with van der Waals surface area (Å²) in [6, 6.07) is 4.87. The number of aromatic hydroxyl groups is 1. The zero-order valence-electron chi connectivity index (χ0n) is 18.9. The highest BCUT2D eigenvalue weighted by molar-refractivity contribution is 9.12. The van der Waals surface area contributed by atoms with E-state index in [1.165, 1.54) is 11.0 Å². The molecule has 8 heteroatoms. The Morgan fingerprint density at radius 2 is 1.94 bits per heavy atom. The first-order chi connectivity index (χ1) is 16.8. The fourth-order valence-corrected chi connectivity index (χ4v) is 6.84. The van der Waals surface area contributed by atoms with Gasteiger partial charge in [-0.3, -0.25) is 24.1 Å². The molecule has 2 heterocycles. The number of allylic oxidation sites excluding steroid dienone is 7. The second kappa shape index (κ2) is 7.88. The summed E-state index contributed by atoms with van der Waals surface area (Å²) in [5.41, 5.74) is 3.27. The molecule has 4 atom stereocenters. The molecule has 35 heavy (non-hydrogen) atoms. The molecule has 0 saturated carbocycles. The van der Waals surface area contributed by atoms with Gasteiger partial charge in [0.2, 0.25) is 11.8 Å². The Labute approximate surface area is 209 Å². The van der Waals surface area contributed by atoms with E-state index >= 15 is 0 Å². The van der Waals surface area contributed by atoms with Crippen molar-refractivity contribution in [2.45, 2.75) is 26.2 Å². The first-order valence-corrected chi connectivity index (χ1v) is 12.5. The van der Waals surface area contributed by atoms with Crippen LogP contribution in [0.3, 0.4) is 0 Å². The van der Waals surface area contributed by atoms with Crippen molar-refractivity contribution in [3.63, 3.8) is 0 Å². The quantitative estimate of drug-likeness (QED) is 0.353. The van der Waals surface area contributed by atoms with Crippen LogP contribution in [0.2, 0.25) is 0 Å². The van der Waals surface area contributed by atoms with E-state index in [2.05, 4.69) is 15.9 Å². The first kappa shape index (κ1) is 22.2. The Balaban J connectivity index is 1.49. The normalized spacial score (nSPS) is 29.5. The van der Waals surface area contributed by atoms with Crippen LogP contribution in [0.15, 0.2) is 63.4 Å². The lowest BCUT2D eigenvalue weighted by atomic mass is 9.59. The number of carbonyl (C=O) groups is 4. The number of hydrogen-bond acceptors (Lipinski definition) is 6. The zero-order chi connectivity index (χ0) is 24.6. The van der Waals surface area contributed by atoms with Crippen LogP contribution >= 0.6 is 15.9 Å². The summed E-state index contributed by atoms with van der Waals surface area (Å²) in [7, 11) is 0. The number of hydrogen-bond donors (Lipinski definition) is 1. The molecular formula is C27H22BrNO6. The summed E-state index contributed by atoms with van der Waals surface area (Å²) >= 11 is 3.23. The van der Waals surface area contributed by atoms with Crippen LogP contribution in [0.5, 0.6) is 11.5 Å². The summed E-state index contributed by atoms with van der Waals surface area (Å²) < 4.78 is 6.07. The second-order valence-corrected chi connectivity index (χ2v) is 10.4. The molecule has 0 aromatic heterocycles. The van der Waals surface area contributed by atoms with Gasteiger partial charge in [0, 0.05) is 41.7 Å². The number of ether oxygens (including phenoxy) is 1. The predicted molar refractivity (Wildman–Crippen MR) is 128 cm³/mol. The van der Waals surface area contributed by atoms with Crippen LogP contribution in [0, 0.1) is 23.7 Å². The Kier molecular flexibility index (Phi) is 5.00. The number of rotatable bonds is 2. The molecular weight excluding hydrogens is 514 g/mol. The third-order valence-corrected chi connectivity index (χ3v) is 8.47. The number of likely N-dealkylation sites (tertiary alicyclic amines) is 1. The first-order valence-electron chi connectivity index (χ1n) is 11.7. The van der Waals surface area contributed by atoms with E-state index in [1.54, 1.807) is 31.4 Å². The number of imide groups is 1. The Bertz CT molecular complexity index is 1370. The number of nitrogens with zero attached hydrogens (tertiary/aromatic N) is 1. The molecule has 1 aromatic rings. The van der Waals surface area contributed by atoms with Crippen molar-refractivity contribution in [3.05, 3.63) is 69.0 Å². The van der Waals surface area contributed by atoms with E-state index < -0.39 is 17.8 Å². The molecule has 2 amide bonds. The molecule has 2 aliphatic heterocycles. The number of Topliss-reactive ketones (excluding diaryl/α,β-unsaturated/α-hetero) is 1. The summed E-state index contributed by atoms with van der Waals surface area (Å²) in [5, 5.41) is 9.99. The molecule has 1 saturated heterocycles. The monoisotopic (exact) mass is 535 g/mol. The lowest BCUT2D eigenvalue weighted by Crippen LogP contribution is -2.41. The maximum Gasteiger partial charge on any atom is 0.233 e. The van der Waals surface area contributed by atoms with Crippen molar-refractivity contribution in [1.82, 2.24) is 4.90 Å². The van der Waals surface area contributed by atoms with Gasteiger partial charge in [-0.05, 0) is 65.4 Å². The number of ketones is 2. The topological polar surface area (TPSA) is 101 Å². The van der Waals surface area contributed by atoms with E-state index in [9.17, 15) is 24.3 Å². The lowest BCUT2D eigenvalue weighted by Gasteiger charge is -2.43. The van der Waals surface area contributed by atoms with Gasteiger partial charge in [-0.15, -0.1) is 0 Å². The molecule has 6 rings (SSSR count). The SMILES string of the molecule is CCN1C(=O)C2CC=C3C(C4=COc5ccc(O)cc5C4)C4=C(CC3C2C1=O)C(=O)C(Br)=CC4=O. The number of benzene rings is 1. The second-order valence-electron chi connectivity index (χ2n) is 9.59. The summed E-state index contributed by atoms with van der Waals surface area (Å²) in [5.74, 6) is -2.02. The van der Waals surface area contributed by atoms with Gasteiger partial charge in [0.1, 0.15) is 11.5 Å². The van der Waals surface area contributed by atoms with E-state index in [1.807, 2.05) is 6.08 Å². The highest BCUT2D eigenvalue weighted by atomic mass is 79.9. The van der Waals surface area contributed by atoms with Crippen LogP contribution < -0.4 is 4.74 Å². The van der Waals surface area contributed by atoms with Gasteiger partial charge in [-0.1, -0.05) is 11.6 Å². The third-order valence-electron chi connectivity index (χ3n) is 7.89. The zero-order valence-corrected chi connectivity index (χ0v) is 20.5. The Hall–Kier alpha value is -3.26. The summed E-state index contributed by atoms with van der Waals surface area (Å²) in [4.78, 5) is 54.1. The average Bonchev–Trinajstić information content (AvgIpc) is 3.10. The minimum Gasteiger partial charge on any atom is -0.508 e. The molecule has 178 valence electrons. The van der Waals surface area contributed by atoms with E-state index in [4.69, 9.17) is 4.74 Å². The van der Waals surface area contributed by atoms with E-state index in [0.717, 1.165) is 16.7 Å². The van der Waals surface area contributed by atoms with Crippen LogP contribution in [0.1, 0.15) is 25.3 Å². The molecule has 0 bridgehead atoms. The van der Waals surface area contributed by atoms with Gasteiger partial charge >= 0.3 is 0 Å². The lowest BCUT2D eigenvalue weighted by molar-refractivity contribution is -0.139. The fourth-order valence-electron chi connectivity index (χ4n) is 6.39. The van der Waals surface area contributed by atoms with Crippen LogP contribution in [0.4, 0.5) is 0 Å². The number of carbonyl (C=O) groups excluding carboxylic acids is 4. The van der Waals surface area contributed by atoms with Gasteiger partial charge in [0.15, 0.2) is 11.6 Å². The molecule has 3 aliphatic carbocycles. The summed E-state index contributed by atoms with van der Waals surface area (Å²) in [6.07, 6.45) is 6.01. The minimum absolute atomic E-state index is 0.111. The van der Waals surface area contributed by atoms with Crippen LogP contribution in [0.25, 0.3) is 0 Å². The van der Waals surface area contributed by atoms with Gasteiger partial charge < -0.3 is 9.84 Å². The number of amides is 2. The highest BCUT2D eigenvalue weighted by Gasteiger charge is 2.56. The molecule has 7 nitrogen and oxygen atoms in total. The number of halogens is 1. The van der Waals surface area contributed by atoms with Crippen LogP contribution in [-0.4, -0.2) is 39.9 Å². The molecule has 1 N–H and O–H groups in total. The standard InChI is InChI=1S/C27H22BrNO6/c1-2-29-26(33)16-5-4-15-17(23(16)27(29)34)9-18-24(20(31)10-19(28)25(18)32)22(15)13-7-12-8-14(30)3-6-21(12)35-11-13/h3-4,6,8,10-11,16-17,22-23,30H,2,5,7,9H2,1H3. The number of fused-ring (bicyclic) bond motifs is 4. The molecule has 0 radical (unpaired) electrons. The summed E-state index contributed by atoms with van der Waals surface area (Å²) in [6.45, 7) is 2.10. The van der Waals surface area contributed by atoms with E-state index in [-0.39, 0.29) is 46.0 Å². The van der Waals surface area contributed by atoms with Gasteiger partial charge in [0.05, 0.1) is 22.6 Å².